The Morgan fingerprint density at radius 2 is 1.78 bits per heavy atom. The molecule has 0 N–H and O–H groups in total. The van der Waals surface area contributed by atoms with Gasteiger partial charge in [0.05, 0.1) is 19.8 Å². The second-order valence-corrected chi connectivity index (χ2v) is 7.44. The van der Waals surface area contributed by atoms with Gasteiger partial charge >= 0.3 is 0 Å². The third-order valence-electron chi connectivity index (χ3n) is 6.06. The highest BCUT2D eigenvalue weighted by molar-refractivity contribution is 5.69. The number of imidazole rings is 1. The third-order valence-corrected chi connectivity index (χ3v) is 6.06. The van der Waals surface area contributed by atoms with E-state index in [9.17, 15) is 0 Å². The van der Waals surface area contributed by atoms with Crippen LogP contribution in [0.3, 0.4) is 0 Å². The summed E-state index contributed by atoms with van der Waals surface area (Å²) in [4.78, 5) is 4.57. The molecule has 0 aliphatic heterocycles. The maximum atomic E-state index is 5.57. The van der Waals surface area contributed by atoms with Crippen LogP contribution in [0, 0.1) is 16.7 Å². The first-order chi connectivity index (χ1) is 10.8. The van der Waals surface area contributed by atoms with E-state index in [0.717, 1.165) is 29.4 Å². The average Bonchev–Trinajstić information content (AvgIpc) is 2.89. The molecule has 1 heterocycles. The van der Waals surface area contributed by atoms with Crippen LogP contribution in [0.2, 0.25) is 0 Å². The number of aromatic nitrogens is 2. The first-order valence-corrected chi connectivity index (χ1v) is 8.07. The number of para-hydroxylation sites is 1. The summed E-state index contributed by atoms with van der Waals surface area (Å²) < 4.78 is 13.2. The van der Waals surface area contributed by atoms with Crippen LogP contribution in [0.4, 0.5) is 0 Å². The van der Waals surface area contributed by atoms with E-state index in [1.807, 2.05) is 24.4 Å². The van der Waals surface area contributed by atoms with Crippen molar-refractivity contribution >= 4 is 0 Å². The van der Waals surface area contributed by atoms with Gasteiger partial charge in [-0.15, -0.1) is 0 Å². The van der Waals surface area contributed by atoms with Crippen LogP contribution < -0.4 is 9.47 Å². The number of ether oxygens (including phenoxy) is 2. The van der Waals surface area contributed by atoms with Gasteiger partial charge in [0.1, 0.15) is 5.82 Å². The SMILES string of the molecule is COc1cccc(-c2nccn2CC2C(C)(C)C2(C)C)c1OC. The Morgan fingerprint density at radius 3 is 2.35 bits per heavy atom. The lowest BCUT2D eigenvalue weighted by molar-refractivity contribution is 0.355. The van der Waals surface area contributed by atoms with Crippen molar-refractivity contribution in [3.05, 3.63) is 30.6 Å². The molecule has 3 rings (SSSR count). The topological polar surface area (TPSA) is 36.3 Å². The average molecular weight is 314 g/mol. The molecule has 23 heavy (non-hydrogen) atoms. The van der Waals surface area contributed by atoms with Gasteiger partial charge in [0.15, 0.2) is 11.5 Å². The summed E-state index contributed by atoms with van der Waals surface area (Å²) in [7, 11) is 3.32. The molecule has 4 heteroatoms. The molecule has 1 aliphatic rings. The molecule has 1 aliphatic carbocycles. The molecule has 0 amide bonds. The van der Waals surface area contributed by atoms with Crippen molar-refractivity contribution in [2.45, 2.75) is 34.2 Å². The Bertz CT molecular complexity index is 702. The maximum absolute atomic E-state index is 5.57. The van der Waals surface area contributed by atoms with E-state index in [-0.39, 0.29) is 0 Å². The summed E-state index contributed by atoms with van der Waals surface area (Å²) >= 11 is 0. The molecule has 2 aromatic rings. The second-order valence-electron chi connectivity index (χ2n) is 7.44. The van der Waals surface area contributed by atoms with E-state index in [1.165, 1.54) is 0 Å². The Kier molecular flexibility index (Phi) is 3.66. The predicted octanol–water partition coefficient (Wildman–Crippen LogP) is 4.25. The number of rotatable bonds is 5. The van der Waals surface area contributed by atoms with Crippen molar-refractivity contribution in [1.82, 2.24) is 9.55 Å². The Morgan fingerprint density at radius 1 is 1.09 bits per heavy atom. The minimum Gasteiger partial charge on any atom is -0.493 e. The molecule has 0 atom stereocenters. The van der Waals surface area contributed by atoms with E-state index in [0.29, 0.717) is 16.7 Å². The summed E-state index contributed by atoms with van der Waals surface area (Å²) in [6.07, 6.45) is 3.91. The predicted molar refractivity (Wildman–Crippen MR) is 91.8 cm³/mol. The zero-order chi connectivity index (χ0) is 16.8. The number of methoxy groups -OCH3 is 2. The van der Waals surface area contributed by atoms with Gasteiger partial charge in [0, 0.05) is 18.9 Å². The fourth-order valence-electron chi connectivity index (χ4n) is 3.75. The summed E-state index contributed by atoms with van der Waals surface area (Å²) in [5, 5.41) is 0. The van der Waals surface area contributed by atoms with Crippen LogP contribution in [-0.2, 0) is 6.54 Å². The zero-order valence-electron chi connectivity index (χ0n) is 14.9. The van der Waals surface area contributed by atoms with Crippen LogP contribution in [0.25, 0.3) is 11.4 Å². The Labute approximate surface area is 138 Å². The molecular weight excluding hydrogens is 288 g/mol. The third kappa shape index (κ3) is 2.32. The van der Waals surface area contributed by atoms with Crippen LogP contribution in [0.15, 0.2) is 30.6 Å². The minimum atomic E-state index is 0.354. The number of nitrogens with zero attached hydrogens (tertiary/aromatic N) is 2. The fourth-order valence-corrected chi connectivity index (χ4v) is 3.75. The van der Waals surface area contributed by atoms with Gasteiger partial charge in [0.2, 0.25) is 0 Å². The quantitative estimate of drug-likeness (QED) is 0.828. The van der Waals surface area contributed by atoms with Crippen LogP contribution >= 0.6 is 0 Å². The lowest BCUT2D eigenvalue weighted by atomic mass is 10.0. The van der Waals surface area contributed by atoms with Crippen molar-refractivity contribution < 1.29 is 9.47 Å². The van der Waals surface area contributed by atoms with Gasteiger partial charge in [0.25, 0.3) is 0 Å². The molecule has 0 unspecified atom stereocenters. The summed E-state index contributed by atoms with van der Waals surface area (Å²) in [5.74, 6) is 3.03. The van der Waals surface area contributed by atoms with Crippen LogP contribution in [0.5, 0.6) is 11.5 Å². The van der Waals surface area contributed by atoms with Gasteiger partial charge in [-0.2, -0.15) is 0 Å². The molecule has 0 spiro atoms. The smallest absolute Gasteiger partial charge is 0.171 e. The van der Waals surface area contributed by atoms with Crippen LogP contribution in [0.1, 0.15) is 27.7 Å². The normalized spacial score (nSPS) is 18.7. The molecule has 0 radical (unpaired) electrons. The van der Waals surface area contributed by atoms with Gasteiger partial charge in [-0.25, -0.2) is 4.98 Å². The highest BCUT2D eigenvalue weighted by Crippen LogP contribution is 2.69. The Hall–Kier alpha value is -1.97. The molecule has 4 nitrogen and oxygen atoms in total. The number of hydrogen-bond donors (Lipinski definition) is 0. The minimum absolute atomic E-state index is 0.354. The standard InChI is InChI=1S/C19H26N2O2/c1-18(2)15(19(18,3)4)12-21-11-10-20-17(21)13-8-7-9-14(22-5)16(13)23-6/h7-11,15H,12H2,1-6H3. The molecule has 1 aromatic carbocycles. The van der Waals surface area contributed by atoms with E-state index < -0.39 is 0 Å². The van der Waals surface area contributed by atoms with E-state index in [2.05, 4.69) is 43.4 Å². The second kappa shape index (κ2) is 5.29. The number of benzene rings is 1. The molecule has 0 saturated heterocycles. The van der Waals surface area contributed by atoms with Crippen molar-refractivity contribution in [2.75, 3.05) is 14.2 Å². The maximum Gasteiger partial charge on any atom is 0.171 e. The summed E-state index contributed by atoms with van der Waals surface area (Å²) in [5.41, 5.74) is 1.67. The van der Waals surface area contributed by atoms with Gasteiger partial charge in [-0.3, -0.25) is 0 Å². The number of hydrogen-bond acceptors (Lipinski definition) is 3. The van der Waals surface area contributed by atoms with Crippen molar-refractivity contribution in [3.8, 4) is 22.9 Å². The Balaban J connectivity index is 1.97. The molecule has 1 saturated carbocycles. The van der Waals surface area contributed by atoms with Gasteiger partial charge in [-0.1, -0.05) is 33.8 Å². The fraction of sp³-hybridized carbons (Fsp3) is 0.526. The first-order valence-electron chi connectivity index (χ1n) is 8.07. The first kappa shape index (κ1) is 15.9. The van der Waals surface area contributed by atoms with Crippen molar-refractivity contribution in [3.63, 3.8) is 0 Å². The monoisotopic (exact) mass is 314 g/mol. The van der Waals surface area contributed by atoms with Gasteiger partial charge in [-0.05, 0) is 28.9 Å². The molecule has 1 aromatic heterocycles. The molecule has 1 fully saturated rings. The summed E-state index contributed by atoms with van der Waals surface area (Å²) in [6, 6.07) is 5.91. The van der Waals surface area contributed by atoms with Crippen molar-refractivity contribution in [1.29, 1.82) is 0 Å². The van der Waals surface area contributed by atoms with E-state index >= 15 is 0 Å². The van der Waals surface area contributed by atoms with Gasteiger partial charge < -0.3 is 14.0 Å². The zero-order valence-corrected chi connectivity index (χ0v) is 14.9. The molecular formula is C19H26N2O2. The summed E-state index contributed by atoms with van der Waals surface area (Å²) in [6.45, 7) is 10.4. The van der Waals surface area contributed by atoms with E-state index in [1.54, 1.807) is 14.2 Å². The lowest BCUT2D eigenvalue weighted by Gasteiger charge is -2.14. The van der Waals surface area contributed by atoms with Crippen molar-refractivity contribution in [2.24, 2.45) is 16.7 Å². The molecule has 0 bridgehead atoms. The molecule has 124 valence electrons. The highest BCUT2D eigenvalue weighted by atomic mass is 16.5. The lowest BCUT2D eigenvalue weighted by Crippen LogP contribution is -2.06. The van der Waals surface area contributed by atoms with E-state index in [4.69, 9.17) is 9.47 Å². The highest BCUT2D eigenvalue weighted by Gasteiger charge is 2.64. The van der Waals surface area contributed by atoms with Crippen LogP contribution in [-0.4, -0.2) is 23.8 Å². The largest absolute Gasteiger partial charge is 0.493 e.